The van der Waals surface area contributed by atoms with Gasteiger partial charge < -0.3 is 9.47 Å². The van der Waals surface area contributed by atoms with E-state index in [-0.39, 0.29) is 5.91 Å². The standard InChI is InChI=1S/C21H19N3O3/c1-26-20-13-17(14-23-24-21(25)18-9-5-6-12-22-18)10-11-19(20)27-15-16-7-3-2-4-8-16/h2-14H,15H2,1H3,(H,24,25)/b23-14-. The van der Waals surface area contributed by atoms with Crippen molar-refractivity contribution in [1.29, 1.82) is 0 Å². The van der Waals surface area contributed by atoms with Gasteiger partial charge >= 0.3 is 0 Å². The summed E-state index contributed by atoms with van der Waals surface area (Å²) >= 11 is 0. The molecule has 0 atom stereocenters. The summed E-state index contributed by atoms with van der Waals surface area (Å²) < 4.78 is 11.2. The first-order valence-corrected chi connectivity index (χ1v) is 8.35. The molecular formula is C21H19N3O3. The number of carbonyl (C=O) groups is 1. The molecule has 1 aromatic heterocycles. The number of hydrogen-bond donors (Lipinski definition) is 1. The zero-order valence-electron chi connectivity index (χ0n) is 14.8. The molecule has 27 heavy (non-hydrogen) atoms. The number of aromatic nitrogens is 1. The molecule has 0 aliphatic rings. The number of hydrazone groups is 1. The first-order valence-electron chi connectivity index (χ1n) is 8.35. The van der Waals surface area contributed by atoms with E-state index < -0.39 is 0 Å². The summed E-state index contributed by atoms with van der Waals surface area (Å²) in [5.41, 5.74) is 4.58. The van der Waals surface area contributed by atoms with Crippen molar-refractivity contribution in [2.75, 3.05) is 7.11 Å². The summed E-state index contributed by atoms with van der Waals surface area (Å²) in [6, 6.07) is 20.4. The van der Waals surface area contributed by atoms with E-state index in [0.29, 0.717) is 23.8 Å². The number of ether oxygens (including phenoxy) is 2. The lowest BCUT2D eigenvalue weighted by atomic mass is 10.2. The lowest BCUT2D eigenvalue weighted by Gasteiger charge is -2.11. The zero-order valence-corrected chi connectivity index (χ0v) is 14.8. The molecule has 1 heterocycles. The summed E-state index contributed by atoms with van der Waals surface area (Å²) in [4.78, 5) is 15.9. The molecule has 0 radical (unpaired) electrons. The number of hydrogen-bond acceptors (Lipinski definition) is 5. The minimum Gasteiger partial charge on any atom is -0.493 e. The zero-order chi connectivity index (χ0) is 18.9. The van der Waals surface area contributed by atoms with Crippen LogP contribution in [0.2, 0.25) is 0 Å². The summed E-state index contributed by atoms with van der Waals surface area (Å²) in [6.45, 7) is 0.449. The van der Waals surface area contributed by atoms with Gasteiger partial charge in [0.15, 0.2) is 11.5 Å². The highest BCUT2D eigenvalue weighted by atomic mass is 16.5. The fourth-order valence-electron chi connectivity index (χ4n) is 2.34. The minimum atomic E-state index is -0.373. The highest BCUT2D eigenvalue weighted by Gasteiger charge is 2.06. The molecule has 0 bridgehead atoms. The van der Waals surface area contributed by atoms with Crippen LogP contribution in [0.25, 0.3) is 0 Å². The molecule has 0 unspecified atom stereocenters. The van der Waals surface area contributed by atoms with Gasteiger partial charge in [-0.15, -0.1) is 0 Å². The fourth-order valence-corrected chi connectivity index (χ4v) is 2.34. The third-order valence-electron chi connectivity index (χ3n) is 3.70. The maximum Gasteiger partial charge on any atom is 0.289 e. The lowest BCUT2D eigenvalue weighted by Crippen LogP contribution is -2.18. The van der Waals surface area contributed by atoms with Gasteiger partial charge in [-0.3, -0.25) is 9.78 Å². The number of pyridine rings is 1. The molecule has 0 spiro atoms. The van der Waals surface area contributed by atoms with Crippen molar-refractivity contribution < 1.29 is 14.3 Å². The van der Waals surface area contributed by atoms with E-state index in [0.717, 1.165) is 11.1 Å². The van der Waals surface area contributed by atoms with Crippen LogP contribution in [0.3, 0.4) is 0 Å². The summed E-state index contributed by atoms with van der Waals surface area (Å²) in [5.74, 6) is 0.851. The Hall–Kier alpha value is -3.67. The summed E-state index contributed by atoms with van der Waals surface area (Å²) in [7, 11) is 1.58. The van der Waals surface area contributed by atoms with Crippen molar-refractivity contribution in [2.24, 2.45) is 5.10 Å². The van der Waals surface area contributed by atoms with Crippen molar-refractivity contribution in [3.63, 3.8) is 0 Å². The second kappa shape index (κ2) is 9.15. The molecule has 1 N–H and O–H groups in total. The van der Waals surface area contributed by atoms with Crippen molar-refractivity contribution in [2.45, 2.75) is 6.61 Å². The average molecular weight is 361 g/mol. The SMILES string of the molecule is COc1cc(/C=N\NC(=O)c2ccccn2)ccc1OCc1ccccc1. The van der Waals surface area contributed by atoms with Gasteiger partial charge in [0.05, 0.1) is 13.3 Å². The van der Waals surface area contributed by atoms with Gasteiger partial charge in [-0.05, 0) is 41.5 Å². The molecule has 3 rings (SSSR count). The fraction of sp³-hybridized carbons (Fsp3) is 0.0952. The first-order chi connectivity index (χ1) is 13.3. The van der Waals surface area contributed by atoms with Gasteiger partial charge in [0, 0.05) is 6.20 Å². The molecule has 6 heteroatoms. The van der Waals surface area contributed by atoms with Crippen LogP contribution in [0.15, 0.2) is 78.0 Å². The van der Waals surface area contributed by atoms with Gasteiger partial charge in [-0.2, -0.15) is 5.10 Å². The Labute approximate surface area is 157 Å². The van der Waals surface area contributed by atoms with Gasteiger partial charge in [0.2, 0.25) is 0 Å². The predicted molar refractivity (Wildman–Crippen MR) is 103 cm³/mol. The Morgan fingerprint density at radius 3 is 2.63 bits per heavy atom. The lowest BCUT2D eigenvalue weighted by molar-refractivity contribution is 0.0950. The van der Waals surface area contributed by atoms with Crippen LogP contribution >= 0.6 is 0 Å². The average Bonchev–Trinajstić information content (AvgIpc) is 2.74. The topological polar surface area (TPSA) is 72.8 Å². The second-order valence-corrected chi connectivity index (χ2v) is 5.60. The highest BCUT2D eigenvalue weighted by Crippen LogP contribution is 2.28. The maximum atomic E-state index is 11.9. The van der Waals surface area contributed by atoms with Crippen LogP contribution in [0.1, 0.15) is 21.6 Å². The Morgan fingerprint density at radius 2 is 1.89 bits per heavy atom. The summed E-state index contributed by atoms with van der Waals surface area (Å²) in [6.07, 6.45) is 3.09. The van der Waals surface area contributed by atoms with Gasteiger partial charge in [0.1, 0.15) is 12.3 Å². The third kappa shape index (κ3) is 5.15. The number of carbonyl (C=O) groups excluding carboxylic acids is 1. The minimum absolute atomic E-state index is 0.303. The number of benzene rings is 2. The summed E-state index contributed by atoms with van der Waals surface area (Å²) in [5, 5.41) is 3.96. The molecule has 3 aromatic rings. The van der Waals surface area contributed by atoms with Gasteiger partial charge in [-0.25, -0.2) is 5.43 Å². The second-order valence-electron chi connectivity index (χ2n) is 5.60. The monoisotopic (exact) mass is 361 g/mol. The van der Waals surface area contributed by atoms with Crippen molar-refractivity contribution in [3.05, 3.63) is 89.7 Å². The Morgan fingerprint density at radius 1 is 1.07 bits per heavy atom. The quantitative estimate of drug-likeness (QED) is 0.517. The molecule has 0 fully saturated rings. The van der Waals surface area contributed by atoms with E-state index in [2.05, 4.69) is 15.5 Å². The van der Waals surface area contributed by atoms with Crippen LogP contribution in [0, 0.1) is 0 Å². The van der Waals surface area contributed by atoms with E-state index in [1.54, 1.807) is 37.6 Å². The van der Waals surface area contributed by atoms with Gasteiger partial charge in [-0.1, -0.05) is 36.4 Å². The van der Waals surface area contributed by atoms with E-state index in [9.17, 15) is 4.79 Å². The van der Waals surface area contributed by atoms with Crippen LogP contribution in [-0.4, -0.2) is 24.2 Å². The first kappa shape index (κ1) is 18.1. The molecule has 0 aliphatic carbocycles. The van der Waals surface area contributed by atoms with Crippen LogP contribution in [0.5, 0.6) is 11.5 Å². The number of nitrogens with one attached hydrogen (secondary N) is 1. The van der Waals surface area contributed by atoms with E-state index >= 15 is 0 Å². The Balaban J connectivity index is 1.62. The molecule has 136 valence electrons. The molecule has 6 nitrogen and oxygen atoms in total. The highest BCUT2D eigenvalue weighted by molar-refractivity contribution is 5.93. The third-order valence-corrected chi connectivity index (χ3v) is 3.70. The predicted octanol–water partition coefficient (Wildman–Crippen LogP) is 3.43. The molecule has 0 aliphatic heterocycles. The van der Waals surface area contributed by atoms with Crippen molar-refractivity contribution in [3.8, 4) is 11.5 Å². The van der Waals surface area contributed by atoms with Crippen molar-refractivity contribution >= 4 is 12.1 Å². The number of methoxy groups -OCH3 is 1. The molecule has 2 aromatic carbocycles. The normalized spacial score (nSPS) is 10.6. The van der Waals surface area contributed by atoms with E-state index in [1.807, 2.05) is 42.5 Å². The molecular weight excluding hydrogens is 342 g/mol. The number of nitrogens with zero attached hydrogens (tertiary/aromatic N) is 2. The number of amides is 1. The van der Waals surface area contributed by atoms with Gasteiger partial charge in [0.25, 0.3) is 5.91 Å². The smallest absolute Gasteiger partial charge is 0.289 e. The van der Waals surface area contributed by atoms with E-state index in [1.165, 1.54) is 6.21 Å². The molecule has 0 saturated carbocycles. The maximum absolute atomic E-state index is 11.9. The Kier molecular flexibility index (Phi) is 6.14. The van der Waals surface area contributed by atoms with Crippen LogP contribution in [-0.2, 0) is 6.61 Å². The Bertz CT molecular complexity index is 912. The molecule has 0 saturated heterocycles. The largest absolute Gasteiger partial charge is 0.493 e. The molecule has 1 amide bonds. The number of rotatable bonds is 7. The van der Waals surface area contributed by atoms with E-state index in [4.69, 9.17) is 9.47 Å². The van der Waals surface area contributed by atoms with Crippen LogP contribution in [0.4, 0.5) is 0 Å². The van der Waals surface area contributed by atoms with Crippen molar-refractivity contribution in [1.82, 2.24) is 10.4 Å². The van der Waals surface area contributed by atoms with Crippen LogP contribution < -0.4 is 14.9 Å².